The number of hydrogen-bond donors (Lipinski definition) is 0. The van der Waals surface area contributed by atoms with Crippen LogP contribution in [0.4, 0.5) is 0 Å². The Bertz CT molecular complexity index is 1580. The average molecular weight is 423 g/mol. The Labute approximate surface area is 193 Å². The van der Waals surface area contributed by atoms with E-state index < -0.39 is 0 Å². The van der Waals surface area contributed by atoms with Crippen molar-refractivity contribution in [1.82, 2.24) is 9.97 Å². The van der Waals surface area contributed by atoms with Gasteiger partial charge in [-0.1, -0.05) is 115 Å². The molecule has 1 aromatic heterocycles. The molecule has 0 bridgehead atoms. The molecule has 2 nitrogen and oxygen atoms in total. The minimum absolute atomic E-state index is 0.747. The zero-order valence-corrected chi connectivity index (χ0v) is 18.4. The fourth-order valence-corrected chi connectivity index (χ4v) is 4.37. The SMILES string of the molecule is Cc1ccc(-c2ccc(-c3nc(-c4ccccc4)nc4c3ccc3ccccc34)cc2)cc1. The van der Waals surface area contributed by atoms with Crippen molar-refractivity contribution in [3.63, 3.8) is 0 Å². The molecule has 0 aliphatic carbocycles. The maximum Gasteiger partial charge on any atom is 0.160 e. The summed E-state index contributed by atoms with van der Waals surface area (Å²) in [6, 6.07) is 40.3. The molecule has 0 aliphatic heterocycles. The second-order valence-corrected chi connectivity index (χ2v) is 8.39. The van der Waals surface area contributed by atoms with Crippen molar-refractivity contribution in [2.24, 2.45) is 0 Å². The van der Waals surface area contributed by atoms with Crippen LogP contribution in [-0.4, -0.2) is 9.97 Å². The first-order valence-corrected chi connectivity index (χ1v) is 11.2. The van der Waals surface area contributed by atoms with Gasteiger partial charge in [-0.3, -0.25) is 0 Å². The van der Waals surface area contributed by atoms with Gasteiger partial charge in [0.05, 0.1) is 11.2 Å². The van der Waals surface area contributed by atoms with E-state index in [9.17, 15) is 0 Å². The van der Waals surface area contributed by atoms with Crippen LogP contribution >= 0.6 is 0 Å². The van der Waals surface area contributed by atoms with E-state index in [4.69, 9.17) is 9.97 Å². The van der Waals surface area contributed by atoms with Gasteiger partial charge in [-0.25, -0.2) is 9.97 Å². The largest absolute Gasteiger partial charge is 0.227 e. The molecule has 6 aromatic rings. The molecule has 0 saturated carbocycles. The van der Waals surface area contributed by atoms with Gasteiger partial charge in [-0.2, -0.15) is 0 Å². The Hall–Kier alpha value is -4.30. The number of hydrogen-bond acceptors (Lipinski definition) is 2. The van der Waals surface area contributed by atoms with E-state index in [-0.39, 0.29) is 0 Å². The fraction of sp³-hybridized carbons (Fsp3) is 0.0323. The van der Waals surface area contributed by atoms with Crippen molar-refractivity contribution < 1.29 is 0 Å². The van der Waals surface area contributed by atoms with Gasteiger partial charge in [0.25, 0.3) is 0 Å². The quantitative estimate of drug-likeness (QED) is 0.269. The molecular formula is C31H22N2. The Kier molecular flexibility index (Phi) is 4.70. The van der Waals surface area contributed by atoms with E-state index in [0.717, 1.165) is 38.9 Å². The monoisotopic (exact) mass is 422 g/mol. The second kappa shape index (κ2) is 7.99. The van der Waals surface area contributed by atoms with Gasteiger partial charge in [0.15, 0.2) is 5.82 Å². The normalized spacial score (nSPS) is 11.2. The fourth-order valence-electron chi connectivity index (χ4n) is 4.37. The highest BCUT2D eigenvalue weighted by atomic mass is 14.9. The van der Waals surface area contributed by atoms with Crippen LogP contribution in [-0.2, 0) is 0 Å². The van der Waals surface area contributed by atoms with E-state index in [1.165, 1.54) is 22.1 Å². The van der Waals surface area contributed by atoms with Crippen LogP contribution in [0.3, 0.4) is 0 Å². The molecule has 0 saturated heterocycles. The van der Waals surface area contributed by atoms with Crippen LogP contribution in [0.2, 0.25) is 0 Å². The number of nitrogens with zero attached hydrogens (tertiary/aromatic N) is 2. The number of fused-ring (bicyclic) bond motifs is 3. The molecule has 6 rings (SSSR count). The smallest absolute Gasteiger partial charge is 0.160 e. The van der Waals surface area contributed by atoms with Crippen molar-refractivity contribution in [3.05, 3.63) is 121 Å². The van der Waals surface area contributed by atoms with Crippen LogP contribution in [0.25, 0.3) is 55.4 Å². The Balaban J connectivity index is 1.56. The summed E-state index contributed by atoms with van der Waals surface area (Å²) in [4.78, 5) is 10.1. The molecule has 33 heavy (non-hydrogen) atoms. The second-order valence-electron chi connectivity index (χ2n) is 8.39. The minimum Gasteiger partial charge on any atom is -0.227 e. The van der Waals surface area contributed by atoms with E-state index >= 15 is 0 Å². The molecule has 0 amide bonds. The van der Waals surface area contributed by atoms with Crippen LogP contribution in [0.5, 0.6) is 0 Å². The first-order valence-electron chi connectivity index (χ1n) is 11.2. The highest BCUT2D eigenvalue weighted by Gasteiger charge is 2.14. The van der Waals surface area contributed by atoms with Crippen molar-refractivity contribution in [3.8, 4) is 33.8 Å². The summed E-state index contributed by atoms with van der Waals surface area (Å²) in [5, 5.41) is 3.40. The lowest BCUT2D eigenvalue weighted by Crippen LogP contribution is -1.96. The molecule has 0 unspecified atom stereocenters. The predicted molar refractivity (Wildman–Crippen MR) is 138 cm³/mol. The van der Waals surface area contributed by atoms with Crippen LogP contribution in [0.1, 0.15) is 5.56 Å². The van der Waals surface area contributed by atoms with Crippen LogP contribution in [0, 0.1) is 6.92 Å². The topological polar surface area (TPSA) is 25.8 Å². The number of aromatic nitrogens is 2. The van der Waals surface area contributed by atoms with E-state index in [2.05, 4.69) is 104 Å². The summed E-state index contributed by atoms with van der Waals surface area (Å²) in [6.07, 6.45) is 0. The third-order valence-corrected chi connectivity index (χ3v) is 6.17. The minimum atomic E-state index is 0.747. The predicted octanol–water partition coefficient (Wildman–Crippen LogP) is 8.09. The van der Waals surface area contributed by atoms with Gasteiger partial charge in [-0.15, -0.1) is 0 Å². The summed E-state index contributed by atoms with van der Waals surface area (Å²) < 4.78 is 0. The van der Waals surface area contributed by atoms with Gasteiger partial charge in [0.2, 0.25) is 0 Å². The molecule has 0 spiro atoms. The summed E-state index contributed by atoms with van der Waals surface area (Å²) in [6.45, 7) is 2.11. The molecule has 0 radical (unpaired) electrons. The standard InChI is InChI=1S/C31H22N2/c1-21-11-13-22(14-12-21)23-15-17-25(18-16-23)29-28-20-19-24-7-5-6-10-27(24)30(28)33-31(32-29)26-8-3-2-4-9-26/h2-20H,1H3. The Morgan fingerprint density at radius 1 is 0.455 bits per heavy atom. The number of aryl methyl sites for hydroxylation is 1. The third kappa shape index (κ3) is 3.56. The molecule has 5 aromatic carbocycles. The maximum atomic E-state index is 5.05. The van der Waals surface area contributed by atoms with Crippen LogP contribution in [0.15, 0.2) is 115 Å². The average Bonchev–Trinajstić information content (AvgIpc) is 2.89. The zero-order valence-electron chi connectivity index (χ0n) is 18.4. The highest BCUT2D eigenvalue weighted by Crippen LogP contribution is 2.34. The van der Waals surface area contributed by atoms with E-state index in [0.29, 0.717) is 0 Å². The molecule has 0 atom stereocenters. The molecular weight excluding hydrogens is 400 g/mol. The number of rotatable bonds is 3. The lowest BCUT2D eigenvalue weighted by molar-refractivity contribution is 1.23. The Morgan fingerprint density at radius 3 is 1.85 bits per heavy atom. The van der Waals surface area contributed by atoms with Gasteiger partial charge in [0, 0.05) is 21.9 Å². The highest BCUT2D eigenvalue weighted by molar-refractivity contribution is 6.09. The third-order valence-electron chi connectivity index (χ3n) is 6.17. The summed E-state index contributed by atoms with van der Waals surface area (Å²) in [7, 11) is 0. The van der Waals surface area contributed by atoms with Crippen molar-refractivity contribution >= 4 is 21.7 Å². The molecule has 0 fully saturated rings. The summed E-state index contributed by atoms with van der Waals surface area (Å²) in [5.41, 5.74) is 7.74. The van der Waals surface area contributed by atoms with Crippen molar-refractivity contribution in [2.45, 2.75) is 6.92 Å². The van der Waals surface area contributed by atoms with E-state index in [1.54, 1.807) is 0 Å². The lowest BCUT2D eigenvalue weighted by Gasteiger charge is -2.12. The van der Waals surface area contributed by atoms with Gasteiger partial charge >= 0.3 is 0 Å². The zero-order chi connectivity index (χ0) is 22.2. The first kappa shape index (κ1) is 19.4. The summed E-state index contributed by atoms with van der Waals surface area (Å²) in [5.74, 6) is 0.747. The summed E-state index contributed by atoms with van der Waals surface area (Å²) >= 11 is 0. The van der Waals surface area contributed by atoms with Gasteiger partial charge < -0.3 is 0 Å². The van der Waals surface area contributed by atoms with Gasteiger partial charge in [0.1, 0.15) is 0 Å². The lowest BCUT2D eigenvalue weighted by atomic mass is 9.98. The van der Waals surface area contributed by atoms with E-state index in [1.807, 2.05) is 18.2 Å². The number of benzene rings is 5. The Morgan fingerprint density at radius 2 is 1.09 bits per heavy atom. The molecule has 1 heterocycles. The van der Waals surface area contributed by atoms with Gasteiger partial charge in [-0.05, 0) is 29.5 Å². The maximum absolute atomic E-state index is 5.05. The molecule has 156 valence electrons. The van der Waals surface area contributed by atoms with Crippen molar-refractivity contribution in [1.29, 1.82) is 0 Å². The van der Waals surface area contributed by atoms with Crippen LogP contribution < -0.4 is 0 Å². The molecule has 0 aliphatic rings. The molecule has 2 heteroatoms. The van der Waals surface area contributed by atoms with Crippen molar-refractivity contribution in [2.75, 3.05) is 0 Å². The first-order chi connectivity index (χ1) is 16.3. The molecule has 0 N–H and O–H groups in total.